The molecule has 1 fully saturated rings. The van der Waals surface area contributed by atoms with E-state index in [0.717, 1.165) is 31.2 Å². The molecule has 0 aliphatic heterocycles. The highest BCUT2D eigenvalue weighted by Gasteiger charge is 2.40. The van der Waals surface area contributed by atoms with E-state index in [1.807, 2.05) is 36.4 Å². The van der Waals surface area contributed by atoms with E-state index in [2.05, 4.69) is 24.4 Å². The summed E-state index contributed by atoms with van der Waals surface area (Å²) in [6.07, 6.45) is 3.73. The van der Waals surface area contributed by atoms with Gasteiger partial charge in [0.05, 0.1) is 26.2 Å². The highest BCUT2D eigenvalue weighted by Crippen LogP contribution is 2.46. The summed E-state index contributed by atoms with van der Waals surface area (Å²) in [5, 5.41) is 3.26. The second-order valence-corrected chi connectivity index (χ2v) is 7.99. The van der Waals surface area contributed by atoms with Crippen LogP contribution in [-0.4, -0.2) is 32.3 Å². The van der Waals surface area contributed by atoms with Crippen molar-refractivity contribution in [2.75, 3.05) is 14.2 Å². The molecule has 1 saturated carbocycles. The number of hydrogen-bond acceptors (Lipinski definition) is 4. The standard InChI is InChI=1S/C25H29NO4/c1-16-22(17-8-5-4-6-9-17)23(16)25(27)26-18-12-14-19(15-13-18)30-21-11-7-10-20(28-2)24(21)29-3/h4-11,18-19,23H,12-15H2,1-3H3,(H,26,27). The zero-order chi connectivity index (χ0) is 21.1. The summed E-state index contributed by atoms with van der Waals surface area (Å²) in [5.41, 5.74) is 3.51. The van der Waals surface area contributed by atoms with Crippen LogP contribution in [-0.2, 0) is 4.79 Å². The third kappa shape index (κ3) is 4.16. The Labute approximate surface area is 178 Å². The zero-order valence-electron chi connectivity index (χ0n) is 17.8. The second kappa shape index (κ2) is 8.82. The second-order valence-electron chi connectivity index (χ2n) is 7.99. The predicted octanol–water partition coefficient (Wildman–Crippen LogP) is 4.61. The molecule has 5 heteroatoms. The maximum absolute atomic E-state index is 12.8. The van der Waals surface area contributed by atoms with Crippen molar-refractivity contribution >= 4 is 11.5 Å². The molecule has 30 heavy (non-hydrogen) atoms. The molecule has 1 atom stereocenters. The van der Waals surface area contributed by atoms with Gasteiger partial charge in [0.15, 0.2) is 11.5 Å². The molecule has 2 aromatic carbocycles. The van der Waals surface area contributed by atoms with Crippen LogP contribution in [0.3, 0.4) is 0 Å². The summed E-state index contributed by atoms with van der Waals surface area (Å²) in [6.45, 7) is 2.05. The fourth-order valence-corrected chi connectivity index (χ4v) is 4.41. The Morgan fingerprint density at radius 3 is 2.27 bits per heavy atom. The van der Waals surface area contributed by atoms with E-state index in [1.54, 1.807) is 14.2 Å². The van der Waals surface area contributed by atoms with Crippen molar-refractivity contribution in [1.82, 2.24) is 5.32 Å². The molecule has 4 rings (SSSR count). The third-order valence-corrected chi connectivity index (χ3v) is 6.09. The first kappa shape index (κ1) is 20.3. The molecular weight excluding hydrogens is 378 g/mol. The normalized spacial score (nSPS) is 23.0. The predicted molar refractivity (Wildman–Crippen MR) is 117 cm³/mol. The molecule has 0 heterocycles. The Kier molecular flexibility index (Phi) is 5.98. The number of carbonyl (C=O) groups excluding carboxylic acids is 1. The average Bonchev–Trinajstić information content (AvgIpc) is 3.46. The van der Waals surface area contributed by atoms with Crippen molar-refractivity contribution in [3.8, 4) is 17.2 Å². The number of carbonyl (C=O) groups is 1. The maximum atomic E-state index is 12.8. The minimum Gasteiger partial charge on any atom is -0.493 e. The molecule has 0 spiro atoms. The van der Waals surface area contributed by atoms with Gasteiger partial charge >= 0.3 is 0 Å². The van der Waals surface area contributed by atoms with Gasteiger partial charge < -0.3 is 19.5 Å². The minimum atomic E-state index is -0.0672. The van der Waals surface area contributed by atoms with E-state index in [4.69, 9.17) is 14.2 Å². The van der Waals surface area contributed by atoms with Gasteiger partial charge in [0.25, 0.3) is 0 Å². The first-order valence-corrected chi connectivity index (χ1v) is 10.6. The zero-order valence-corrected chi connectivity index (χ0v) is 17.8. The maximum Gasteiger partial charge on any atom is 0.231 e. The largest absolute Gasteiger partial charge is 0.493 e. The molecule has 0 saturated heterocycles. The Morgan fingerprint density at radius 2 is 1.60 bits per heavy atom. The van der Waals surface area contributed by atoms with Crippen molar-refractivity contribution in [2.24, 2.45) is 5.92 Å². The monoisotopic (exact) mass is 407 g/mol. The van der Waals surface area contributed by atoms with E-state index in [0.29, 0.717) is 17.2 Å². The SMILES string of the molecule is COc1cccc(OC2CCC(NC(=O)C3C(C)=C3c3ccccc3)CC2)c1OC. The lowest BCUT2D eigenvalue weighted by Gasteiger charge is -2.30. The van der Waals surface area contributed by atoms with Gasteiger partial charge in [-0.25, -0.2) is 0 Å². The van der Waals surface area contributed by atoms with Gasteiger partial charge in [-0.05, 0) is 55.9 Å². The number of para-hydroxylation sites is 1. The highest BCUT2D eigenvalue weighted by atomic mass is 16.5. The van der Waals surface area contributed by atoms with Crippen LogP contribution >= 0.6 is 0 Å². The quantitative estimate of drug-likeness (QED) is 0.728. The van der Waals surface area contributed by atoms with Gasteiger partial charge in [-0.3, -0.25) is 4.79 Å². The number of amides is 1. The van der Waals surface area contributed by atoms with Crippen LogP contribution in [0.25, 0.3) is 5.57 Å². The minimum absolute atomic E-state index is 0.0672. The summed E-state index contributed by atoms with van der Waals surface area (Å²) in [4.78, 5) is 12.8. The van der Waals surface area contributed by atoms with E-state index < -0.39 is 0 Å². The first-order valence-electron chi connectivity index (χ1n) is 10.6. The number of nitrogens with one attached hydrogen (secondary N) is 1. The van der Waals surface area contributed by atoms with E-state index in [9.17, 15) is 4.79 Å². The topological polar surface area (TPSA) is 56.8 Å². The Morgan fingerprint density at radius 1 is 0.900 bits per heavy atom. The highest BCUT2D eigenvalue weighted by molar-refractivity contribution is 6.05. The van der Waals surface area contributed by atoms with Crippen molar-refractivity contribution in [3.05, 3.63) is 59.7 Å². The van der Waals surface area contributed by atoms with Gasteiger partial charge in [-0.2, -0.15) is 0 Å². The van der Waals surface area contributed by atoms with Crippen LogP contribution in [0.5, 0.6) is 17.2 Å². The molecule has 5 nitrogen and oxygen atoms in total. The van der Waals surface area contributed by atoms with Crippen molar-refractivity contribution in [2.45, 2.75) is 44.8 Å². The van der Waals surface area contributed by atoms with Crippen LogP contribution < -0.4 is 19.5 Å². The van der Waals surface area contributed by atoms with Crippen molar-refractivity contribution < 1.29 is 19.0 Å². The summed E-state index contributed by atoms with van der Waals surface area (Å²) in [7, 11) is 3.24. The summed E-state index contributed by atoms with van der Waals surface area (Å²) in [5.74, 6) is 2.05. The lowest BCUT2D eigenvalue weighted by atomic mass is 9.92. The number of methoxy groups -OCH3 is 2. The summed E-state index contributed by atoms with van der Waals surface area (Å²) < 4.78 is 17.0. The Hall–Kier alpha value is -2.95. The lowest BCUT2D eigenvalue weighted by molar-refractivity contribution is -0.122. The van der Waals surface area contributed by atoms with Crippen LogP contribution in [0.15, 0.2) is 54.1 Å². The molecule has 1 unspecified atom stereocenters. The lowest BCUT2D eigenvalue weighted by Crippen LogP contribution is -2.40. The number of ether oxygens (including phenoxy) is 3. The smallest absolute Gasteiger partial charge is 0.231 e. The fraction of sp³-hybridized carbons (Fsp3) is 0.400. The van der Waals surface area contributed by atoms with E-state index in [-0.39, 0.29) is 24.0 Å². The van der Waals surface area contributed by atoms with Gasteiger partial charge in [0.1, 0.15) is 0 Å². The van der Waals surface area contributed by atoms with Crippen LogP contribution in [0.2, 0.25) is 0 Å². The third-order valence-electron chi connectivity index (χ3n) is 6.09. The molecule has 158 valence electrons. The van der Waals surface area contributed by atoms with Gasteiger partial charge in [0.2, 0.25) is 11.7 Å². The van der Waals surface area contributed by atoms with Crippen LogP contribution in [0.1, 0.15) is 38.2 Å². The van der Waals surface area contributed by atoms with Gasteiger partial charge in [-0.15, -0.1) is 0 Å². The number of benzene rings is 2. The van der Waals surface area contributed by atoms with Crippen molar-refractivity contribution in [1.29, 1.82) is 0 Å². The van der Waals surface area contributed by atoms with E-state index >= 15 is 0 Å². The molecule has 2 aliphatic rings. The molecule has 2 aliphatic carbocycles. The van der Waals surface area contributed by atoms with Crippen molar-refractivity contribution in [3.63, 3.8) is 0 Å². The Balaban J connectivity index is 1.28. The van der Waals surface area contributed by atoms with Crippen LogP contribution in [0, 0.1) is 5.92 Å². The average molecular weight is 408 g/mol. The van der Waals surface area contributed by atoms with E-state index in [1.165, 1.54) is 11.1 Å². The van der Waals surface area contributed by atoms with Gasteiger partial charge in [-0.1, -0.05) is 42.0 Å². The molecule has 0 radical (unpaired) electrons. The number of rotatable bonds is 7. The molecule has 0 bridgehead atoms. The van der Waals surface area contributed by atoms with Crippen LogP contribution in [0.4, 0.5) is 0 Å². The molecule has 1 N–H and O–H groups in total. The summed E-state index contributed by atoms with van der Waals surface area (Å²) >= 11 is 0. The molecule has 2 aromatic rings. The fourth-order valence-electron chi connectivity index (χ4n) is 4.41. The molecule has 1 amide bonds. The molecular formula is C25H29NO4. The molecule has 0 aromatic heterocycles. The first-order chi connectivity index (χ1) is 14.6. The summed E-state index contributed by atoms with van der Waals surface area (Å²) in [6, 6.07) is 16.0. The number of hydrogen-bond donors (Lipinski definition) is 1. The van der Waals surface area contributed by atoms with Gasteiger partial charge in [0, 0.05) is 6.04 Å². The Bertz CT molecular complexity index is 929.